The van der Waals surface area contributed by atoms with E-state index in [0.29, 0.717) is 18.0 Å². The Labute approximate surface area is 134 Å². The molecule has 2 fully saturated rings. The van der Waals surface area contributed by atoms with Crippen molar-refractivity contribution in [3.05, 3.63) is 15.0 Å². The smallest absolute Gasteiger partial charge is 0.312 e. The van der Waals surface area contributed by atoms with E-state index in [9.17, 15) is 9.59 Å². The number of aromatic nitrogens is 1. The van der Waals surface area contributed by atoms with Gasteiger partial charge in [0.1, 0.15) is 6.10 Å². The van der Waals surface area contributed by atoms with Crippen molar-refractivity contribution < 1.29 is 14.3 Å². The number of cyclic esters (lactones) is 1. The summed E-state index contributed by atoms with van der Waals surface area (Å²) in [6.07, 6.45) is 3.68. The number of halogens is 1. The zero-order chi connectivity index (χ0) is 14.9. The Bertz CT molecular complexity index is 557. The second-order valence-corrected chi connectivity index (χ2v) is 7.85. The van der Waals surface area contributed by atoms with Crippen molar-refractivity contribution >= 4 is 39.1 Å². The Balaban J connectivity index is 1.55. The van der Waals surface area contributed by atoms with Gasteiger partial charge in [-0.3, -0.25) is 9.59 Å². The van der Waals surface area contributed by atoms with Crippen molar-refractivity contribution in [2.45, 2.75) is 25.4 Å². The van der Waals surface area contributed by atoms with E-state index in [2.05, 4.69) is 31.5 Å². The summed E-state index contributed by atoms with van der Waals surface area (Å²) in [7, 11) is 0. The molecule has 8 heteroatoms. The van der Waals surface area contributed by atoms with E-state index in [-0.39, 0.29) is 23.4 Å². The van der Waals surface area contributed by atoms with Crippen LogP contribution in [0.5, 0.6) is 0 Å². The molecule has 0 radical (unpaired) electrons. The number of carbonyl (C=O) groups excluding carboxylic acids is 2. The fourth-order valence-corrected chi connectivity index (χ4v) is 4.03. The lowest BCUT2D eigenvalue weighted by Gasteiger charge is -2.29. The number of esters is 1. The monoisotopic (exact) mass is 373 g/mol. The molecule has 2 N–H and O–H groups in total. The number of thiazole rings is 1. The molecule has 6 nitrogen and oxygen atoms in total. The number of nitrogens with one attached hydrogen (secondary N) is 2. The van der Waals surface area contributed by atoms with Gasteiger partial charge >= 0.3 is 5.97 Å². The van der Waals surface area contributed by atoms with Crippen LogP contribution in [0, 0.1) is 5.41 Å². The highest BCUT2D eigenvalue weighted by Crippen LogP contribution is 2.41. The number of piperidine rings is 1. The van der Waals surface area contributed by atoms with E-state index < -0.39 is 0 Å². The summed E-state index contributed by atoms with van der Waals surface area (Å²) in [4.78, 5) is 28.0. The maximum Gasteiger partial charge on any atom is 0.312 e. The number of rotatable bonds is 3. The first-order chi connectivity index (χ1) is 10.1. The number of carbonyl (C=O) groups is 2. The highest BCUT2D eigenvalue weighted by molar-refractivity contribution is 9.11. The largest absolute Gasteiger partial charge is 0.460 e. The minimum Gasteiger partial charge on any atom is -0.460 e. The predicted molar refractivity (Wildman–Crippen MR) is 81.2 cm³/mol. The summed E-state index contributed by atoms with van der Waals surface area (Å²) in [5.41, 5.74) is -0.342. The molecule has 1 unspecified atom stereocenters. The fourth-order valence-electron chi connectivity index (χ4n) is 2.91. The van der Waals surface area contributed by atoms with Gasteiger partial charge in [-0.25, -0.2) is 4.98 Å². The maximum atomic E-state index is 12.1. The van der Waals surface area contributed by atoms with Crippen LogP contribution in [0.15, 0.2) is 9.98 Å². The molecule has 1 atom stereocenters. The Morgan fingerprint density at radius 2 is 2.33 bits per heavy atom. The van der Waals surface area contributed by atoms with Gasteiger partial charge in [0, 0.05) is 6.42 Å². The Morgan fingerprint density at radius 3 is 3.00 bits per heavy atom. The zero-order valence-corrected chi connectivity index (χ0v) is 13.8. The van der Waals surface area contributed by atoms with Gasteiger partial charge in [-0.1, -0.05) is 0 Å². The van der Waals surface area contributed by atoms with Crippen molar-refractivity contribution in [3.8, 4) is 0 Å². The van der Waals surface area contributed by atoms with Gasteiger partial charge in [-0.15, -0.1) is 11.3 Å². The Kier molecular flexibility index (Phi) is 4.28. The average molecular weight is 374 g/mol. The molecule has 2 aliphatic rings. The third-order valence-electron chi connectivity index (χ3n) is 4.05. The SMILES string of the molecule is O=C(NCC1CC2(CCNCC2)C(=O)O1)c1ncc(Br)s1. The second kappa shape index (κ2) is 6.02. The highest BCUT2D eigenvalue weighted by atomic mass is 79.9. The standard InChI is InChI=1S/C13H16BrN3O3S/c14-9-7-17-11(21-9)10(18)16-6-8-5-13(12(19)20-8)1-3-15-4-2-13/h7-8,15H,1-6H2,(H,16,18). The van der Waals surface area contributed by atoms with Crippen LogP contribution in [0.3, 0.4) is 0 Å². The van der Waals surface area contributed by atoms with E-state index in [1.165, 1.54) is 11.3 Å². The first kappa shape index (κ1) is 14.9. The van der Waals surface area contributed by atoms with E-state index in [4.69, 9.17) is 4.74 Å². The molecule has 1 amide bonds. The summed E-state index contributed by atoms with van der Waals surface area (Å²) in [5.74, 6) is -0.340. The summed E-state index contributed by atoms with van der Waals surface area (Å²) >= 11 is 4.55. The molecule has 1 aromatic heterocycles. The molecule has 3 rings (SSSR count). The topological polar surface area (TPSA) is 80.3 Å². The van der Waals surface area contributed by atoms with E-state index in [1.807, 2.05) is 0 Å². The lowest BCUT2D eigenvalue weighted by Crippen LogP contribution is -2.39. The average Bonchev–Trinajstić information content (AvgIpc) is 3.03. The maximum absolute atomic E-state index is 12.1. The minimum atomic E-state index is -0.342. The first-order valence-electron chi connectivity index (χ1n) is 6.90. The van der Waals surface area contributed by atoms with Gasteiger partial charge in [-0.05, 0) is 41.9 Å². The van der Waals surface area contributed by atoms with Crippen LogP contribution in [0.4, 0.5) is 0 Å². The van der Waals surface area contributed by atoms with Crippen molar-refractivity contribution in [1.29, 1.82) is 0 Å². The molecule has 114 valence electrons. The summed E-state index contributed by atoms with van der Waals surface area (Å²) in [5, 5.41) is 6.45. The number of amides is 1. The van der Waals surface area contributed by atoms with Crippen molar-refractivity contribution in [3.63, 3.8) is 0 Å². The molecular weight excluding hydrogens is 358 g/mol. The molecule has 0 aliphatic carbocycles. The summed E-state index contributed by atoms with van der Waals surface area (Å²) in [6.45, 7) is 2.04. The van der Waals surface area contributed by atoms with Crippen LogP contribution < -0.4 is 10.6 Å². The quantitative estimate of drug-likeness (QED) is 0.781. The van der Waals surface area contributed by atoms with Gasteiger partial charge in [0.25, 0.3) is 5.91 Å². The molecule has 1 aromatic rings. The summed E-state index contributed by atoms with van der Waals surface area (Å²) < 4.78 is 6.25. The molecular formula is C13H16BrN3O3S. The van der Waals surface area contributed by atoms with Crippen LogP contribution in [-0.4, -0.2) is 42.6 Å². The first-order valence-corrected chi connectivity index (χ1v) is 8.51. The van der Waals surface area contributed by atoms with Gasteiger partial charge in [0.05, 0.1) is 21.9 Å². The third kappa shape index (κ3) is 3.12. The lowest BCUT2D eigenvalue weighted by atomic mass is 9.76. The van der Waals surface area contributed by atoms with E-state index in [0.717, 1.165) is 29.7 Å². The minimum absolute atomic E-state index is 0.111. The van der Waals surface area contributed by atoms with Gasteiger partial charge in [0.2, 0.25) is 0 Å². The normalized spacial score (nSPS) is 24.0. The molecule has 1 spiro atoms. The van der Waals surface area contributed by atoms with Crippen LogP contribution in [0.25, 0.3) is 0 Å². The van der Waals surface area contributed by atoms with Gasteiger partial charge in [0.15, 0.2) is 5.01 Å². The lowest BCUT2D eigenvalue weighted by molar-refractivity contribution is -0.149. The summed E-state index contributed by atoms with van der Waals surface area (Å²) in [6, 6.07) is 0. The van der Waals surface area contributed by atoms with Crippen molar-refractivity contribution in [2.75, 3.05) is 19.6 Å². The Morgan fingerprint density at radius 1 is 1.57 bits per heavy atom. The number of hydrogen-bond donors (Lipinski definition) is 2. The van der Waals surface area contributed by atoms with Gasteiger partial charge in [-0.2, -0.15) is 0 Å². The number of hydrogen-bond acceptors (Lipinski definition) is 6. The van der Waals surface area contributed by atoms with Crippen LogP contribution in [-0.2, 0) is 9.53 Å². The number of nitrogens with zero attached hydrogens (tertiary/aromatic N) is 1. The molecule has 2 saturated heterocycles. The molecule has 21 heavy (non-hydrogen) atoms. The molecule has 0 aromatic carbocycles. The van der Waals surface area contributed by atoms with Crippen LogP contribution in [0.1, 0.15) is 29.1 Å². The molecule has 2 aliphatic heterocycles. The molecule has 0 bridgehead atoms. The van der Waals surface area contributed by atoms with Crippen LogP contribution >= 0.6 is 27.3 Å². The zero-order valence-electron chi connectivity index (χ0n) is 11.4. The highest BCUT2D eigenvalue weighted by Gasteiger charge is 2.49. The second-order valence-electron chi connectivity index (χ2n) is 5.44. The van der Waals surface area contributed by atoms with Crippen LogP contribution in [0.2, 0.25) is 0 Å². The molecule has 0 saturated carbocycles. The van der Waals surface area contributed by atoms with E-state index in [1.54, 1.807) is 6.20 Å². The van der Waals surface area contributed by atoms with E-state index >= 15 is 0 Å². The van der Waals surface area contributed by atoms with Crippen molar-refractivity contribution in [2.24, 2.45) is 5.41 Å². The van der Waals surface area contributed by atoms with Gasteiger partial charge < -0.3 is 15.4 Å². The fraction of sp³-hybridized carbons (Fsp3) is 0.615. The third-order valence-corrected chi connectivity index (χ3v) is 5.52. The molecule has 3 heterocycles. The number of ether oxygens (including phenoxy) is 1. The predicted octanol–water partition coefficient (Wildman–Crippen LogP) is 1.32. The Hall–Kier alpha value is -0.990. The van der Waals surface area contributed by atoms with Crippen molar-refractivity contribution in [1.82, 2.24) is 15.6 Å².